The molecule has 2 aromatic rings. The highest BCUT2D eigenvalue weighted by atomic mass is 15.5. The average molecular weight is 580 g/mol. The highest BCUT2D eigenvalue weighted by molar-refractivity contribution is 5.92. The quantitative estimate of drug-likeness (QED) is 0.497. The first-order valence-corrected chi connectivity index (χ1v) is 15.6. The van der Waals surface area contributed by atoms with Crippen molar-refractivity contribution in [2.75, 3.05) is 62.7 Å². The van der Waals surface area contributed by atoms with Crippen LogP contribution >= 0.6 is 0 Å². The Morgan fingerprint density at radius 3 is 2.51 bits per heavy atom. The number of benzene rings is 1. The van der Waals surface area contributed by atoms with Crippen molar-refractivity contribution in [3.8, 4) is 0 Å². The van der Waals surface area contributed by atoms with Gasteiger partial charge in [0, 0.05) is 105 Å². The van der Waals surface area contributed by atoms with Crippen molar-refractivity contribution in [3.05, 3.63) is 85.0 Å². The number of fused-ring (bicyclic) bond motifs is 1. The maximum absolute atomic E-state index is 4.80. The summed E-state index contributed by atoms with van der Waals surface area (Å²) >= 11 is 0. The molecular formula is C34H45N9. The standard InChI is InChI=1S/C34H45N9/c1-24-8-11-33(26(3)39-24)43-27(4)32-10-9-31(19-29(32)22-38-43)41-17-15-40(16-18-41)23-28-7-6-13-42(14-12-28)34-36-20-30(21-37-34)25(2)35-5/h9-10,19-22,28,33,35,39H,1-4,6-8,11-18,23H2,5H3. The van der Waals surface area contributed by atoms with E-state index in [-0.39, 0.29) is 6.04 Å². The van der Waals surface area contributed by atoms with E-state index in [9.17, 15) is 0 Å². The van der Waals surface area contributed by atoms with Crippen molar-refractivity contribution in [2.45, 2.75) is 38.1 Å². The predicted molar refractivity (Wildman–Crippen MR) is 178 cm³/mol. The van der Waals surface area contributed by atoms with Gasteiger partial charge in [-0.1, -0.05) is 32.4 Å². The summed E-state index contributed by atoms with van der Waals surface area (Å²) in [7, 11) is 1.87. The smallest absolute Gasteiger partial charge is 0.225 e. The molecule has 0 bridgehead atoms. The number of hydrogen-bond donors (Lipinski definition) is 2. The number of rotatable bonds is 7. The lowest BCUT2D eigenvalue weighted by Gasteiger charge is -2.39. The third kappa shape index (κ3) is 6.32. The highest BCUT2D eigenvalue weighted by Gasteiger charge is 2.30. The molecule has 5 heterocycles. The van der Waals surface area contributed by atoms with Crippen molar-refractivity contribution in [3.63, 3.8) is 0 Å². The van der Waals surface area contributed by atoms with Gasteiger partial charge < -0.3 is 20.4 Å². The van der Waals surface area contributed by atoms with E-state index < -0.39 is 0 Å². The van der Waals surface area contributed by atoms with Crippen LogP contribution in [0.25, 0.3) is 11.4 Å². The van der Waals surface area contributed by atoms with Crippen molar-refractivity contribution in [1.29, 1.82) is 0 Å². The molecule has 43 heavy (non-hydrogen) atoms. The number of aromatic nitrogens is 2. The minimum Gasteiger partial charge on any atom is -0.388 e. The number of piperidine rings is 1. The Balaban J connectivity index is 0.999. The summed E-state index contributed by atoms with van der Waals surface area (Å²) in [4.78, 5) is 16.8. The van der Waals surface area contributed by atoms with E-state index in [1.54, 1.807) is 0 Å². The summed E-state index contributed by atoms with van der Waals surface area (Å²) in [5.74, 6) is 1.54. The van der Waals surface area contributed by atoms with E-state index in [0.29, 0.717) is 5.92 Å². The summed E-state index contributed by atoms with van der Waals surface area (Å²) in [6.07, 6.45) is 11.2. The van der Waals surface area contributed by atoms with Crippen LogP contribution < -0.4 is 20.4 Å². The van der Waals surface area contributed by atoms with Crippen LogP contribution in [-0.4, -0.2) is 85.0 Å². The lowest BCUT2D eigenvalue weighted by molar-refractivity contribution is 0.210. The van der Waals surface area contributed by atoms with Crippen LogP contribution in [0, 0.1) is 5.92 Å². The number of hydrazone groups is 1. The van der Waals surface area contributed by atoms with Gasteiger partial charge in [0.1, 0.15) is 0 Å². The number of allylic oxidation sites excluding steroid dienone is 1. The molecule has 2 N–H and O–H groups in total. The van der Waals surface area contributed by atoms with Gasteiger partial charge in [-0.15, -0.1) is 0 Å². The van der Waals surface area contributed by atoms with Gasteiger partial charge in [-0.05, 0) is 50.2 Å². The maximum atomic E-state index is 4.80. The first kappa shape index (κ1) is 29.0. The summed E-state index contributed by atoms with van der Waals surface area (Å²) in [5, 5.41) is 13.2. The molecule has 9 heteroatoms. The van der Waals surface area contributed by atoms with Crippen molar-refractivity contribution in [1.82, 2.24) is 30.5 Å². The Kier molecular flexibility index (Phi) is 8.51. The van der Waals surface area contributed by atoms with Gasteiger partial charge >= 0.3 is 0 Å². The molecule has 0 amide bonds. The average Bonchev–Trinajstić information content (AvgIpc) is 3.27. The zero-order chi connectivity index (χ0) is 29.9. The largest absolute Gasteiger partial charge is 0.388 e. The predicted octanol–water partition coefficient (Wildman–Crippen LogP) is 4.50. The normalized spacial score (nSPS) is 23.1. The second-order valence-corrected chi connectivity index (χ2v) is 12.2. The van der Waals surface area contributed by atoms with Crippen molar-refractivity contribution in [2.24, 2.45) is 11.0 Å². The Bertz CT molecular complexity index is 1400. The van der Waals surface area contributed by atoms with Crippen LogP contribution in [-0.2, 0) is 0 Å². The maximum Gasteiger partial charge on any atom is 0.225 e. The SMILES string of the molecule is C=C1CCC(N2N=Cc3cc(N4CCN(CC5CCCN(c6ncc(C(=C)NC)cn6)CC5)CC4)ccc3C2=C)C(=C)N1. The Labute approximate surface area is 256 Å². The van der Waals surface area contributed by atoms with Crippen LogP contribution in [0.5, 0.6) is 0 Å². The molecule has 9 nitrogen and oxygen atoms in total. The van der Waals surface area contributed by atoms with E-state index in [1.807, 2.05) is 30.7 Å². The molecule has 0 radical (unpaired) electrons. The molecule has 0 saturated carbocycles. The molecule has 0 spiro atoms. The number of nitrogens with one attached hydrogen (secondary N) is 2. The highest BCUT2D eigenvalue weighted by Crippen LogP contribution is 2.34. The molecule has 0 aliphatic carbocycles. The summed E-state index contributed by atoms with van der Waals surface area (Å²) in [5.41, 5.74) is 8.20. The molecule has 4 aliphatic rings. The van der Waals surface area contributed by atoms with E-state index >= 15 is 0 Å². The van der Waals surface area contributed by atoms with Crippen LogP contribution in [0.2, 0.25) is 0 Å². The molecule has 4 aliphatic heterocycles. The molecule has 226 valence electrons. The van der Waals surface area contributed by atoms with E-state index in [0.717, 1.165) is 97.5 Å². The molecular weight excluding hydrogens is 534 g/mol. The third-order valence-electron chi connectivity index (χ3n) is 9.37. The topological polar surface area (TPSA) is 75.2 Å². The molecule has 3 fully saturated rings. The Morgan fingerprint density at radius 2 is 1.77 bits per heavy atom. The van der Waals surface area contributed by atoms with Crippen LogP contribution in [0.15, 0.2) is 73.4 Å². The van der Waals surface area contributed by atoms with Gasteiger partial charge in [0.25, 0.3) is 0 Å². The summed E-state index contributed by atoms with van der Waals surface area (Å²) in [6, 6.07) is 6.82. The fourth-order valence-corrected chi connectivity index (χ4v) is 6.72. The van der Waals surface area contributed by atoms with Crippen molar-refractivity contribution >= 4 is 29.2 Å². The Hall–Kier alpha value is -4.11. The molecule has 2 atom stereocenters. The van der Waals surface area contributed by atoms with Crippen LogP contribution in [0.3, 0.4) is 0 Å². The van der Waals surface area contributed by atoms with Gasteiger partial charge in [0.05, 0.1) is 18.0 Å². The number of piperazine rings is 1. The molecule has 2 unspecified atom stereocenters. The summed E-state index contributed by atoms with van der Waals surface area (Å²) < 4.78 is 0. The van der Waals surface area contributed by atoms with Gasteiger partial charge in [-0.25, -0.2) is 9.97 Å². The van der Waals surface area contributed by atoms with Crippen LogP contribution in [0.4, 0.5) is 11.6 Å². The fourth-order valence-electron chi connectivity index (χ4n) is 6.72. The van der Waals surface area contributed by atoms with Gasteiger partial charge in [-0.2, -0.15) is 5.10 Å². The summed E-state index contributed by atoms with van der Waals surface area (Å²) in [6.45, 7) is 24.1. The van der Waals surface area contributed by atoms with Gasteiger partial charge in [-0.3, -0.25) is 9.91 Å². The lowest BCUT2D eigenvalue weighted by Crippen LogP contribution is -2.48. The molecule has 3 saturated heterocycles. The van der Waals surface area contributed by atoms with E-state index in [2.05, 4.69) is 79.8 Å². The monoisotopic (exact) mass is 579 g/mol. The molecule has 1 aromatic heterocycles. The van der Waals surface area contributed by atoms with E-state index in [4.69, 9.17) is 5.10 Å². The van der Waals surface area contributed by atoms with Gasteiger partial charge in [0.2, 0.25) is 5.95 Å². The van der Waals surface area contributed by atoms with Crippen LogP contribution in [0.1, 0.15) is 48.8 Å². The Morgan fingerprint density at radius 1 is 0.977 bits per heavy atom. The lowest BCUT2D eigenvalue weighted by atomic mass is 9.97. The van der Waals surface area contributed by atoms with Crippen molar-refractivity contribution < 1.29 is 0 Å². The third-order valence-corrected chi connectivity index (χ3v) is 9.37. The fraction of sp³-hybridized carbons (Fsp3) is 0.441. The minimum absolute atomic E-state index is 0.0933. The van der Waals surface area contributed by atoms with E-state index in [1.165, 1.54) is 31.5 Å². The molecule has 1 aromatic carbocycles. The minimum atomic E-state index is 0.0933. The zero-order valence-electron chi connectivity index (χ0n) is 25.6. The number of hydrogen-bond acceptors (Lipinski definition) is 9. The molecule has 6 rings (SSSR count). The first-order chi connectivity index (χ1) is 20.9. The zero-order valence-corrected chi connectivity index (χ0v) is 25.6. The number of anilines is 2. The number of nitrogens with zero attached hydrogens (tertiary/aromatic N) is 7. The van der Waals surface area contributed by atoms with Gasteiger partial charge in [0.15, 0.2) is 0 Å². The second kappa shape index (κ2) is 12.6. The first-order valence-electron chi connectivity index (χ1n) is 15.6. The second-order valence-electron chi connectivity index (χ2n) is 12.2.